The highest BCUT2D eigenvalue weighted by Crippen LogP contribution is 2.32. The van der Waals surface area contributed by atoms with Gasteiger partial charge in [0.2, 0.25) is 0 Å². The predicted molar refractivity (Wildman–Crippen MR) is 78.9 cm³/mol. The third kappa shape index (κ3) is 3.80. The molecule has 0 saturated heterocycles. The first-order valence-corrected chi connectivity index (χ1v) is 7.25. The lowest BCUT2D eigenvalue weighted by Crippen LogP contribution is -2.20. The quantitative estimate of drug-likeness (QED) is 0.763. The van der Waals surface area contributed by atoms with E-state index in [1.165, 1.54) is 11.3 Å². The maximum absolute atomic E-state index is 11.1. The number of anilines is 1. The lowest BCUT2D eigenvalue weighted by atomic mass is 9.91. The molecule has 0 saturated carbocycles. The van der Waals surface area contributed by atoms with E-state index in [-0.39, 0.29) is 5.41 Å². The maximum Gasteiger partial charge on any atom is 0.185 e. The molecule has 1 aromatic heterocycles. The monoisotopic (exact) mass is 268 g/mol. The number of aldehydes is 1. The normalized spacial score (nSPS) is 11.9. The van der Waals surface area contributed by atoms with Gasteiger partial charge < -0.3 is 4.90 Å². The third-order valence-electron chi connectivity index (χ3n) is 2.83. The van der Waals surface area contributed by atoms with E-state index < -0.39 is 0 Å². The number of hydrogen-bond acceptors (Lipinski definition) is 4. The number of rotatable bonds is 5. The van der Waals surface area contributed by atoms with Crippen LogP contribution in [0.25, 0.3) is 0 Å². The van der Waals surface area contributed by atoms with Crippen LogP contribution in [-0.2, 0) is 5.41 Å². The van der Waals surface area contributed by atoms with Gasteiger partial charge in [0.1, 0.15) is 0 Å². The lowest BCUT2D eigenvalue weighted by Gasteiger charge is -2.18. The van der Waals surface area contributed by atoms with Crippen LogP contribution < -0.4 is 4.90 Å². The first kappa shape index (κ1) is 15.2. The van der Waals surface area contributed by atoms with Crippen LogP contribution in [0.1, 0.15) is 56.4 Å². The van der Waals surface area contributed by atoms with Gasteiger partial charge in [-0.3, -0.25) is 4.79 Å². The molecule has 0 atom stereocenters. The summed E-state index contributed by atoms with van der Waals surface area (Å²) in [6.45, 7) is 11.7. The Kier molecular flexibility index (Phi) is 4.91. The molecule has 0 radical (unpaired) electrons. The number of aromatic nitrogens is 1. The van der Waals surface area contributed by atoms with Crippen LogP contribution >= 0.6 is 11.3 Å². The molecule has 0 N–H and O–H groups in total. The van der Waals surface area contributed by atoms with Crippen LogP contribution in [0.15, 0.2) is 0 Å². The number of nitrogens with zero attached hydrogens (tertiary/aromatic N) is 2. The summed E-state index contributed by atoms with van der Waals surface area (Å²) in [5.74, 6) is 0.681. The summed E-state index contributed by atoms with van der Waals surface area (Å²) >= 11 is 1.49. The summed E-state index contributed by atoms with van der Waals surface area (Å²) < 4.78 is 0. The topological polar surface area (TPSA) is 33.2 Å². The van der Waals surface area contributed by atoms with Crippen molar-refractivity contribution in [2.45, 2.75) is 46.5 Å². The average Bonchev–Trinajstić information content (AvgIpc) is 2.69. The van der Waals surface area contributed by atoms with Crippen molar-refractivity contribution in [2.75, 3.05) is 18.5 Å². The molecule has 0 amide bonds. The second kappa shape index (κ2) is 5.83. The fraction of sp³-hybridized carbons (Fsp3) is 0.714. The Balaban J connectivity index is 2.91. The van der Waals surface area contributed by atoms with Crippen molar-refractivity contribution < 1.29 is 4.79 Å². The lowest BCUT2D eigenvalue weighted by molar-refractivity contribution is 0.112. The summed E-state index contributed by atoms with van der Waals surface area (Å²) in [6, 6.07) is 0. The Morgan fingerprint density at radius 2 is 2.00 bits per heavy atom. The Hall–Kier alpha value is -0.900. The Bertz CT molecular complexity index is 404. The zero-order chi connectivity index (χ0) is 13.9. The van der Waals surface area contributed by atoms with Crippen molar-refractivity contribution in [2.24, 2.45) is 5.92 Å². The molecule has 0 fully saturated rings. The minimum Gasteiger partial charge on any atom is -0.351 e. The minimum atomic E-state index is -0.0795. The van der Waals surface area contributed by atoms with Gasteiger partial charge in [-0.2, -0.15) is 0 Å². The van der Waals surface area contributed by atoms with Gasteiger partial charge in [0, 0.05) is 19.0 Å². The second-order valence-electron chi connectivity index (χ2n) is 6.18. The van der Waals surface area contributed by atoms with Crippen molar-refractivity contribution in [3.05, 3.63) is 10.6 Å². The summed E-state index contributed by atoms with van der Waals surface area (Å²) in [4.78, 5) is 18.7. The Morgan fingerprint density at radius 3 is 2.39 bits per heavy atom. The van der Waals surface area contributed by atoms with E-state index in [1.54, 1.807) is 0 Å². The van der Waals surface area contributed by atoms with Crippen LogP contribution in [0, 0.1) is 5.92 Å². The standard InChI is InChI=1S/C14H24N2OS/c1-10(2)7-8-16(6)13-15-12(14(3,4)5)11(9-17)18-13/h9-10H,7-8H2,1-6H3. The zero-order valence-corrected chi connectivity index (χ0v) is 13.1. The van der Waals surface area contributed by atoms with Crippen LogP contribution in [0.3, 0.4) is 0 Å². The average molecular weight is 268 g/mol. The smallest absolute Gasteiger partial charge is 0.185 e. The molecule has 1 rings (SSSR count). The summed E-state index contributed by atoms with van der Waals surface area (Å²) in [5.41, 5.74) is 0.832. The van der Waals surface area contributed by atoms with E-state index in [4.69, 9.17) is 0 Å². The van der Waals surface area contributed by atoms with E-state index in [9.17, 15) is 4.79 Å². The first-order chi connectivity index (χ1) is 8.25. The van der Waals surface area contributed by atoms with E-state index in [0.29, 0.717) is 5.92 Å². The molecule has 0 unspecified atom stereocenters. The summed E-state index contributed by atoms with van der Waals surface area (Å²) in [7, 11) is 2.04. The van der Waals surface area contributed by atoms with Crippen molar-refractivity contribution in [1.29, 1.82) is 0 Å². The molecule has 102 valence electrons. The number of hydrogen-bond donors (Lipinski definition) is 0. The molecular formula is C14H24N2OS. The molecule has 0 spiro atoms. The fourth-order valence-corrected chi connectivity index (χ4v) is 2.73. The zero-order valence-electron chi connectivity index (χ0n) is 12.3. The molecule has 3 nitrogen and oxygen atoms in total. The summed E-state index contributed by atoms with van der Waals surface area (Å²) in [6.07, 6.45) is 2.06. The highest BCUT2D eigenvalue weighted by Gasteiger charge is 2.24. The third-order valence-corrected chi connectivity index (χ3v) is 3.92. The van der Waals surface area contributed by atoms with Gasteiger partial charge in [-0.1, -0.05) is 46.0 Å². The molecule has 1 aromatic rings. The molecule has 4 heteroatoms. The van der Waals surface area contributed by atoms with E-state index >= 15 is 0 Å². The highest BCUT2D eigenvalue weighted by molar-refractivity contribution is 7.17. The molecule has 0 bridgehead atoms. The maximum atomic E-state index is 11.1. The van der Waals surface area contributed by atoms with Crippen LogP contribution in [-0.4, -0.2) is 24.9 Å². The number of thiazole rings is 1. The number of carbonyl (C=O) groups is 1. The van der Waals surface area contributed by atoms with E-state index in [2.05, 4.69) is 44.5 Å². The van der Waals surface area contributed by atoms with Gasteiger partial charge in [-0.15, -0.1) is 0 Å². The van der Waals surface area contributed by atoms with Crippen LogP contribution in [0.5, 0.6) is 0 Å². The van der Waals surface area contributed by atoms with Gasteiger partial charge in [-0.25, -0.2) is 4.98 Å². The first-order valence-electron chi connectivity index (χ1n) is 6.43. The van der Waals surface area contributed by atoms with Gasteiger partial charge in [0.25, 0.3) is 0 Å². The molecule has 0 aromatic carbocycles. The van der Waals surface area contributed by atoms with Gasteiger partial charge in [0.05, 0.1) is 10.6 Å². The molecule has 0 aliphatic heterocycles. The second-order valence-corrected chi connectivity index (χ2v) is 7.19. The van der Waals surface area contributed by atoms with Crippen molar-refractivity contribution >= 4 is 22.8 Å². The van der Waals surface area contributed by atoms with Crippen molar-refractivity contribution in [3.63, 3.8) is 0 Å². The Labute approximate surface area is 114 Å². The molecular weight excluding hydrogens is 244 g/mol. The predicted octanol–water partition coefficient (Wildman–Crippen LogP) is 3.74. The van der Waals surface area contributed by atoms with Crippen LogP contribution in [0.2, 0.25) is 0 Å². The van der Waals surface area contributed by atoms with Crippen LogP contribution in [0.4, 0.5) is 5.13 Å². The largest absolute Gasteiger partial charge is 0.351 e. The SMILES string of the molecule is CC(C)CCN(C)c1nc(C(C)(C)C)c(C=O)s1. The summed E-state index contributed by atoms with van der Waals surface area (Å²) in [5, 5.41) is 0.947. The van der Waals surface area contributed by atoms with Gasteiger partial charge in [0.15, 0.2) is 11.4 Å². The van der Waals surface area contributed by atoms with E-state index in [0.717, 1.165) is 35.0 Å². The molecule has 1 heterocycles. The Morgan fingerprint density at radius 1 is 1.39 bits per heavy atom. The molecule has 0 aliphatic rings. The van der Waals surface area contributed by atoms with Crippen molar-refractivity contribution in [3.8, 4) is 0 Å². The minimum absolute atomic E-state index is 0.0795. The van der Waals surface area contributed by atoms with E-state index in [1.807, 2.05) is 7.05 Å². The highest BCUT2D eigenvalue weighted by atomic mass is 32.1. The fourth-order valence-electron chi connectivity index (χ4n) is 1.65. The van der Waals surface area contributed by atoms with Gasteiger partial charge >= 0.3 is 0 Å². The molecule has 18 heavy (non-hydrogen) atoms. The van der Waals surface area contributed by atoms with Gasteiger partial charge in [-0.05, 0) is 12.3 Å². The molecule has 0 aliphatic carbocycles. The number of carbonyl (C=O) groups excluding carboxylic acids is 1. The van der Waals surface area contributed by atoms with Crippen molar-refractivity contribution in [1.82, 2.24) is 4.98 Å².